The summed E-state index contributed by atoms with van der Waals surface area (Å²) in [5.74, 6) is -0.693. The molecule has 0 aromatic carbocycles. The summed E-state index contributed by atoms with van der Waals surface area (Å²) in [6.45, 7) is 1.45. The number of carbonyl (C=O) groups is 1. The minimum absolute atomic E-state index is 0.222. The van der Waals surface area contributed by atoms with Crippen LogP contribution in [0.1, 0.15) is 12.8 Å². The Kier molecular flexibility index (Phi) is 4.77. The highest BCUT2D eigenvalue weighted by Gasteiger charge is 2.30. The number of hydrogen-bond acceptors (Lipinski definition) is 5. The summed E-state index contributed by atoms with van der Waals surface area (Å²) in [6.07, 6.45) is 5.98. The van der Waals surface area contributed by atoms with Crippen molar-refractivity contribution in [2.75, 3.05) is 26.0 Å². The molecule has 0 saturated carbocycles. The molecule has 0 radical (unpaired) electrons. The SMILES string of the molecule is CS(=O)(=O)N1CCCC(C(=O)OCCn2cccn2)C1. The topological polar surface area (TPSA) is 81.5 Å². The lowest BCUT2D eigenvalue weighted by molar-refractivity contribution is -0.150. The first-order chi connectivity index (χ1) is 9.47. The second-order valence-corrected chi connectivity index (χ2v) is 6.88. The van der Waals surface area contributed by atoms with E-state index < -0.39 is 10.0 Å². The molecule has 0 amide bonds. The zero-order valence-corrected chi connectivity index (χ0v) is 12.3. The van der Waals surface area contributed by atoms with Crippen LogP contribution in [0.3, 0.4) is 0 Å². The van der Waals surface area contributed by atoms with Crippen molar-refractivity contribution >= 4 is 16.0 Å². The molecule has 1 aromatic heterocycles. The summed E-state index contributed by atoms with van der Waals surface area (Å²) >= 11 is 0. The fraction of sp³-hybridized carbons (Fsp3) is 0.667. The van der Waals surface area contributed by atoms with E-state index in [1.54, 1.807) is 23.1 Å². The number of carbonyl (C=O) groups excluding carboxylic acids is 1. The fourth-order valence-electron chi connectivity index (χ4n) is 2.23. The molecule has 0 aliphatic carbocycles. The normalized spacial score (nSPS) is 20.8. The van der Waals surface area contributed by atoms with Gasteiger partial charge in [-0.1, -0.05) is 0 Å². The molecule has 112 valence electrons. The number of nitrogens with zero attached hydrogens (tertiary/aromatic N) is 3. The van der Waals surface area contributed by atoms with Gasteiger partial charge in [0.2, 0.25) is 10.0 Å². The largest absolute Gasteiger partial charge is 0.463 e. The molecule has 2 heterocycles. The Labute approximate surface area is 118 Å². The average molecular weight is 301 g/mol. The van der Waals surface area contributed by atoms with Crippen molar-refractivity contribution in [3.63, 3.8) is 0 Å². The molecule has 0 spiro atoms. The van der Waals surface area contributed by atoms with Gasteiger partial charge >= 0.3 is 5.97 Å². The van der Waals surface area contributed by atoms with E-state index in [4.69, 9.17) is 4.74 Å². The maximum Gasteiger partial charge on any atom is 0.310 e. The molecule has 1 atom stereocenters. The van der Waals surface area contributed by atoms with Gasteiger partial charge in [-0.25, -0.2) is 12.7 Å². The quantitative estimate of drug-likeness (QED) is 0.720. The second kappa shape index (κ2) is 6.36. The smallest absolute Gasteiger partial charge is 0.310 e. The van der Waals surface area contributed by atoms with Crippen molar-refractivity contribution in [1.29, 1.82) is 0 Å². The van der Waals surface area contributed by atoms with Gasteiger partial charge in [0.15, 0.2) is 0 Å². The summed E-state index contributed by atoms with van der Waals surface area (Å²) in [4.78, 5) is 11.9. The van der Waals surface area contributed by atoms with Gasteiger partial charge in [0.25, 0.3) is 0 Å². The van der Waals surface area contributed by atoms with Crippen LogP contribution >= 0.6 is 0 Å². The van der Waals surface area contributed by atoms with E-state index in [1.165, 1.54) is 10.6 Å². The molecule has 1 aliphatic rings. The number of ether oxygens (including phenoxy) is 1. The lowest BCUT2D eigenvalue weighted by Crippen LogP contribution is -2.42. The molecular formula is C12H19N3O4S. The van der Waals surface area contributed by atoms with Gasteiger partial charge in [-0.2, -0.15) is 5.10 Å². The van der Waals surface area contributed by atoms with Crippen molar-refractivity contribution in [1.82, 2.24) is 14.1 Å². The van der Waals surface area contributed by atoms with E-state index in [-0.39, 0.29) is 25.0 Å². The van der Waals surface area contributed by atoms with Crippen LogP contribution in [0.4, 0.5) is 0 Å². The lowest BCUT2D eigenvalue weighted by Gasteiger charge is -2.29. The summed E-state index contributed by atoms with van der Waals surface area (Å²) < 4.78 is 31.2. The van der Waals surface area contributed by atoms with E-state index in [2.05, 4.69) is 5.10 Å². The predicted molar refractivity (Wildman–Crippen MR) is 72.3 cm³/mol. The molecular weight excluding hydrogens is 282 g/mol. The van der Waals surface area contributed by atoms with E-state index in [0.29, 0.717) is 25.9 Å². The fourth-order valence-corrected chi connectivity index (χ4v) is 3.14. The zero-order chi connectivity index (χ0) is 14.6. The van der Waals surface area contributed by atoms with Crippen LogP contribution < -0.4 is 0 Å². The van der Waals surface area contributed by atoms with Crippen molar-refractivity contribution in [3.05, 3.63) is 18.5 Å². The summed E-state index contributed by atoms with van der Waals surface area (Å²) in [5, 5.41) is 4.01. The van der Waals surface area contributed by atoms with Crippen LogP contribution in [-0.4, -0.2) is 54.4 Å². The Morgan fingerprint density at radius 1 is 1.50 bits per heavy atom. The Morgan fingerprint density at radius 2 is 2.30 bits per heavy atom. The van der Waals surface area contributed by atoms with Crippen molar-refractivity contribution in [2.45, 2.75) is 19.4 Å². The summed E-state index contributed by atoms with van der Waals surface area (Å²) in [7, 11) is -3.24. The van der Waals surface area contributed by atoms with Gasteiger partial charge in [0.1, 0.15) is 6.61 Å². The molecule has 20 heavy (non-hydrogen) atoms. The van der Waals surface area contributed by atoms with Crippen LogP contribution in [0.25, 0.3) is 0 Å². The molecule has 2 rings (SSSR count). The number of sulfonamides is 1. The number of piperidine rings is 1. The van der Waals surface area contributed by atoms with Gasteiger partial charge in [0.05, 0.1) is 18.7 Å². The highest BCUT2D eigenvalue weighted by molar-refractivity contribution is 7.88. The third-order valence-electron chi connectivity index (χ3n) is 3.31. The van der Waals surface area contributed by atoms with Gasteiger partial charge in [-0.05, 0) is 18.9 Å². The van der Waals surface area contributed by atoms with Crippen molar-refractivity contribution in [2.24, 2.45) is 5.92 Å². The van der Waals surface area contributed by atoms with E-state index in [1.807, 2.05) is 0 Å². The van der Waals surface area contributed by atoms with Crippen LogP contribution in [0, 0.1) is 5.92 Å². The highest BCUT2D eigenvalue weighted by Crippen LogP contribution is 2.19. The zero-order valence-electron chi connectivity index (χ0n) is 11.4. The van der Waals surface area contributed by atoms with Gasteiger partial charge in [0, 0.05) is 25.5 Å². The Balaban J connectivity index is 1.80. The standard InChI is InChI=1S/C12H19N3O4S/c1-20(17,18)15-7-2-4-11(10-15)12(16)19-9-8-14-6-3-5-13-14/h3,5-6,11H,2,4,7-10H2,1H3. The van der Waals surface area contributed by atoms with Crippen LogP contribution in [0.15, 0.2) is 18.5 Å². The van der Waals surface area contributed by atoms with Crippen LogP contribution in [0.5, 0.6) is 0 Å². The number of rotatable bonds is 5. The first kappa shape index (κ1) is 15.0. The highest BCUT2D eigenvalue weighted by atomic mass is 32.2. The minimum Gasteiger partial charge on any atom is -0.463 e. The van der Waals surface area contributed by atoms with E-state index >= 15 is 0 Å². The second-order valence-electron chi connectivity index (χ2n) is 4.90. The third kappa shape index (κ3) is 4.04. The van der Waals surface area contributed by atoms with Gasteiger partial charge in [-0.15, -0.1) is 0 Å². The molecule has 0 N–H and O–H groups in total. The van der Waals surface area contributed by atoms with E-state index in [0.717, 1.165) is 0 Å². The van der Waals surface area contributed by atoms with Crippen molar-refractivity contribution < 1.29 is 17.9 Å². The molecule has 1 fully saturated rings. The number of aromatic nitrogens is 2. The maximum absolute atomic E-state index is 11.9. The summed E-state index contributed by atoms with van der Waals surface area (Å²) in [6, 6.07) is 1.80. The lowest BCUT2D eigenvalue weighted by atomic mass is 10.0. The Morgan fingerprint density at radius 3 is 2.95 bits per heavy atom. The third-order valence-corrected chi connectivity index (χ3v) is 4.58. The van der Waals surface area contributed by atoms with Gasteiger partial charge in [-0.3, -0.25) is 9.48 Å². The van der Waals surface area contributed by atoms with E-state index in [9.17, 15) is 13.2 Å². The number of esters is 1. The maximum atomic E-state index is 11.9. The number of hydrogen-bond donors (Lipinski definition) is 0. The van der Waals surface area contributed by atoms with Crippen molar-refractivity contribution in [3.8, 4) is 0 Å². The molecule has 1 unspecified atom stereocenters. The first-order valence-electron chi connectivity index (χ1n) is 6.56. The average Bonchev–Trinajstić information content (AvgIpc) is 2.91. The Bertz CT molecular complexity index is 541. The summed E-state index contributed by atoms with van der Waals surface area (Å²) in [5.41, 5.74) is 0. The molecule has 1 aliphatic heterocycles. The van der Waals surface area contributed by atoms with Gasteiger partial charge < -0.3 is 4.74 Å². The molecule has 0 bridgehead atoms. The Hall–Kier alpha value is -1.41. The molecule has 1 aromatic rings. The van der Waals surface area contributed by atoms with Crippen LogP contribution in [-0.2, 0) is 26.1 Å². The monoisotopic (exact) mass is 301 g/mol. The first-order valence-corrected chi connectivity index (χ1v) is 8.41. The molecule has 8 heteroatoms. The minimum atomic E-state index is -3.24. The van der Waals surface area contributed by atoms with Crippen LogP contribution in [0.2, 0.25) is 0 Å². The predicted octanol–water partition coefficient (Wildman–Crippen LogP) is 0.0979. The molecule has 1 saturated heterocycles. The molecule has 7 nitrogen and oxygen atoms in total.